The van der Waals surface area contributed by atoms with Gasteiger partial charge in [0.1, 0.15) is 12.3 Å². The SMILES string of the molecule is CCOc1ccccc1N(CC(=O)Nc1cccc(Cl)c1Cl)S(C)(=O)=O. The third-order valence-electron chi connectivity index (χ3n) is 3.35. The summed E-state index contributed by atoms with van der Waals surface area (Å²) in [4.78, 5) is 12.4. The molecule has 0 saturated heterocycles. The van der Waals surface area contributed by atoms with Gasteiger partial charge in [-0.3, -0.25) is 9.10 Å². The van der Waals surface area contributed by atoms with Crippen LogP contribution >= 0.6 is 23.2 Å². The summed E-state index contributed by atoms with van der Waals surface area (Å²) in [5.41, 5.74) is 0.583. The number of rotatable bonds is 7. The molecule has 140 valence electrons. The number of ether oxygens (including phenoxy) is 1. The van der Waals surface area contributed by atoms with E-state index in [4.69, 9.17) is 27.9 Å². The minimum absolute atomic E-state index is 0.183. The van der Waals surface area contributed by atoms with Crippen LogP contribution < -0.4 is 14.4 Å². The van der Waals surface area contributed by atoms with E-state index in [-0.39, 0.29) is 15.7 Å². The zero-order valence-electron chi connectivity index (χ0n) is 14.2. The Morgan fingerprint density at radius 1 is 1.15 bits per heavy atom. The minimum atomic E-state index is -3.73. The Hall–Kier alpha value is -1.96. The molecule has 2 rings (SSSR count). The van der Waals surface area contributed by atoms with Crippen molar-refractivity contribution >= 4 is 50.5 Å². The molecule has 0 atom stereocenters. The van der Waals surface area contributed by atoms with E-state index in [2.05, 4.69) is 5.32 Å². The molecule has 2 aromatic carbocycles. The van der Waals surface area contributed by atoms with Crippen molar-refractivity contribution in [3.63, 3.8) is 0 Å². The Morgan fingerprint density at radius 3 is 2.50 bits per heavy atom. The molecule has 0 aliphatic heterocycles. The largest absolute Gasteiger partial charge is 0.492 e. The van der Waals surface area contributed by atoms with Crippen molar-refractivity contribution in [2.45, 2.75) is 6.92 Å². The fourth-order valence-corrected chi connectivity index (χ4v) is 3.45. The highest BCUT2D eigenvalue weighted by atomic mass is 35.5. The number of nitrogens with zero attached hydrogens (tertiary/aromatic N) is 1. The van der Waals surface area contributed by atoms with Gasteiger partial charge < -0.3 is 10.1 Å². The molecule has 0 unspecified atom stereocenters. The van der Waals surface area contributed by atoms with Gasteiger partial charge in [0.05, 0.1) is 34.3 Å². The first kappa shape index (κ1) is 20.4. The summed E-state index contributed by atoms with van der Waals surface area (Å²) in [6.45, 7) is 1.71. The Bertz CT molecular complexity index is 903. The number of anilines is 2. The van der Waals surface area contributed by atoms with E-state index in [1.807, 2.05) is 0 Å². The van der Waals surface area contributed by atoms with Gasteiger partial charge in [0, 0.05) is 0 Å². The van der Waals surface area contributed by atoms with Crippen molar-refractivity contribution in [2.24, 2.45) is 0 Å². The molecule has 1 amide bonds. The predicted octanol–water partition coefficient (Wildman–Crippen LogP) is 3.80. The van der Waals surface area contributed by atoms with Crippen molar-refractivity contribution in [2.75, 3.05) is 29.0 Å². The molecule has 0 aliphatic rings. The van der Waals surface area contributed by atoms with Gasteiger partial charge in [0.2, 0.25) is 15.9 Å². The zero-order valence-corrected chi connectivity index (χ0v) is 16.5. The standard InChI is InChI=1S/C17H18Cl2N2O4S/c1-3-25-15-10-5-4-9-14(15)21(26(2,23)24)11-16(22)20-13-8-6-7-12(18)17(13)19/h4-10H,3,11H2,1-2H3,(H,20,22). The number of benzene rings is 2. The summed E-state index contributed by atoms with van der Waals surface area (Å²) < 4.78 is 30.9. The molecule has 26 heavy (non-hydrogen) atoms. The molecular weight excluding hydrogens is 399 g/mol. The van der Waals surface area contributed by atoms with Crippen LogP contribution in [-0.4, -0.2) is 33.7 Å². The van der Waals surface area contributed by atoms with Crippen LogP contribution in [0.3, 0.4) is 0 Å². The molecule has 9 heteroatoms. The molecule has 0 saturated carbocycles. The highest BCUT2D eigenvalue weighted by molar-refractivity contribution is 7.92. The molecule has 0 spiro atoms. The lowest BCUT2D eigenvalue weighted by Gasteiger charge is -2.24. The third kappa shape index (κ3) is 5.03. The van der Waals surface area contributed by atoms with Crippen molar-refractivity contribution in [3.05, 3.63) is 52.5 Å². The molecule has 0 aromatic heterocycles. The average molecular weight is 417 g/mol. The third-order valence-corrected chi connectivity index (χ3v) is 5.29. The lowest BCUT2D eigenvalue weighted by molar-refractivity contribution is -0.114. The number of amides is 1. The molecule has 0 heterocycles. The Balaban J connectivity index is 2.30. The van der Waals surface area contributed by atoms with Crippen LogP contribution in [0.2, 0.25) is 10.0 Å². The summed E-state index contributed by atoms with van der Waals surface area (Å²) in [6, 6.07) is 11.4. The maximum Gasteiger partial charge on any atom is 0.245 e. The van der Waals surface area contributed by atoms with Gasteiger partial charge in [-0.1, -0.05) is 41.4 Å². The van der Waals surface area contributed by atoms with Crippen molar-refractivity contribution in [3.8, 4) is 5.75 Å². The number of sulfonamides is 1. The summed E-state index contributed by atoms with van der Waals surface area (Å²) in [7, 11) is -3.73. The van der Waals surface area contributed by atoms with Gasteiger partial charge >= 0.3 is 0 Å². The van der Waals surface area contributed by atoms with Gasteiger partial charge in [-0.25, -0.2) is 8.42 Å². The summed E-state index contributed by atoms with van der Waals surface area (Å²) in [5, 5.41) is 3.04. The topological polar surface area (TPSA) is 75.7 Å². The monoisotopic (exact) mass is 416 g/mol. The number of hydrogen-bond acceptors (Lipinski definition) is 4. The fraction of sp³-hybridized carbons (Fsp3) is 0.235. The Labute approximate surface area is 162 Å². The molecule has 6 nitrogen and oxygen atoms in total. The number of halogens is 2. The first-order chi connectivity index (χ1) is 12.2. The van der Waals surface area contributed by atoms with Crippen LogP contribution in [-0.2, 0) is 14.8 Å². The van der Waals surface area contributed by atoms with Crippen LogP contribution in [0.25, 0.3) is 0 Å². The molecule has 2 aromatic rings. The van der Waals surface area contributed by atoms with Crippen LogP contribution in [0, 0.1) is 0 Å². The first-order valence-electron chi connectivity index (χ1n) is 7.67. The van der Waals surface area contributed by atoms with Crippen LogP contribution in [0.1, 0.15) is 6.92 Å². The predicted molar refractivity (Wildman–Crippen MR) is 105 cm³/mol. The minimum Gasteiger partial charge on any atom is -0.492 e. The lowest BCUT2D eigenvalue weighted by atomic mass is 10.3. The molecule has 0 fully saturated rings. The van der Waals surface area contributed by atoms with E-state index in [0.29, 0.717) is 18.0 Å². The lowest BCUT2D eigenvalue weighted by Crippen LogP contribution is -2.37. The van der Waals surface area contributed by atoms with E-state index in [0.717, 1.165) is 10.6 Å². The van der Waals surface area contributed by atoms with Gasteiger partial charge in [-0.15, -0.1) is 0 Å². The van der Waals surface area contributed by atoms with Gasteiger partial charge in [0.25, 0.3) is 0 Å². The normalized spacial score (nSPS) is 11.1. The van der Waals surface area contributed by atoms with Gasteiger partial charge in [-0.2, -0.15) is 0 Å². The molecule has 0 bridgehead atoms. The Kier molecular flexibility index (Phi) is 6.75. The number of hydrogen-bond donors (Lipinski definition) is 1. The van der Waals surface area contributed by atoms with Crippen LogP contribution in [0.4, 0.5) is 11.4 Å². The van der Waals surface area contributed by atoms with Crippen molar-refractivity contribution in [1.29, 1.82) is 0 Å². The van der Waals surface area contributed by atoms with Crippen molar-refractivity contribution in [1.82, 2.24) is 0 Å². The van der Waals surface area contributed by atoms with E-state index in [1.165, 1.54) is 0 Å². The quantitative estimate of drug-likeness (QED) is 0.744. The summed E-state index contributed by atoms with van der Waals surface area (Å²) >= 11 is 12.0. The van der Waals surface area contributed by atoms with E-state index in [1.54, 1.807) is 49.4 Å². The molecule has 1 N–H and O–H groups in total. The van der Waals surface area contributed by atoms with Crippen molar-refractivity contribution < 1.29 is 17.9 Å². The smallest absolute Gasteiger partial charge is 0.245 e. The first-order valence-corrected chi connectivity index (χ1v) is 10.3. The number of nitrogens with one attached hydrogen (secondary N) is 1. The van der Waals surface area contributed by atoms with Gasteiger partial charge in [0.15, 0.2) is 0 Å². The zero-order chi connectivity index (χ0) is 19.3. The van der Waals surface area contributed by atoms with Crippen LogP contribution in [0.15, 0.2) is 42.5 Å². The summed E-state index contributed by atoms with van der Waals surface area (Å²) in [6.07, 6.45) is 1.02. The molecule has 0 radical (unpaired) electrons. The number of carbonyl (C=O) groups is 1. The van der Waals surface area contributed by atoms with E-state index in [9.17, 15) is 13.2 Å². The second-order valence-electron chi connectivity index (χ2n) is 5.32. The fourth-order valence-electron chi connectivity index (χ4n) is 2.24. The molecule has 0 aliphatic carbocycles. The molecular formula is C17H18Cl2N2O4S. The Morgan fingerprint density at radius 2 is 1.85 bits per heavy atom. The number of para-hydroxylation sites is 2. The number of carbonyl (C=O) groups excluding carboxylic acids is 1. The maximum absolute atomic E-state index is 12.4. The highest BCUT2D eigenvalue weighted by Gasteiger charge is 2.24. The average Bonchev–Trinajstić information content (AvgIpc) is 2.57. The van der Waals surface area contributed by atoms with Crippen LogP contribution in [0.5, 0.6) is 5.75 Å². The highest BCUT2D eigenvalue weighted by Crippen LogP contribution is 2.31. The second kappa shape index (κ2) is 8.62. The summed E-state index contributed by atoms with van der Waals surface area (Å²) in [5.74, 6) is -0.195. The maximum atomic E-state index is 12.4. The second-order valence-corrected chi connectivity index (χ2v) is 8.01. The van der Waals surface area contributed by atoms with E-state index >= 15 is 0 Å². The van der Waals surface area contributed by atoms with E-state index < -0.39 is 22.5 Å². The van der Waals surface area contributed by atoms with Gasteiger partial charge in [-0.05, 0) is 31.2 Å².